The van der Waals surface area contributed by atoms with Crippen LogP contribution in [0.25, 0.3) is 10.9 Å². The van der Waals surface area contributed by atoms with Crippen LogP contribution in [0.4, 0.5) is 11.5 Å². The third kappa shape index (κ3) is 5.88. The quantitative estimate of drug-likeness (QED) is 0.250. The number of carbonyl (C=O) groups excluding carboxylic acids is 1. The number of hydrogen-bond donors (Lipinski definition) is 2. The molecule has 0 bridgehead atoms. The first-order valence-corrected chi connectivity index (χ1v) is 12.2. The van der Waals surface area contributed by atoms with E-state index in [4.69, 9.17) is 14.2 Å². The first kappa shape index (κ1) is 25.5. The number of aryl methyl sites for hydroxylation is 1. The summed E-state index contributed by atoms with van der Waals surface area (Å²) in [6, 6.07) is 20.1. The van der Waals surface area contributed by atoms with Crippen LogP contribution >= 0.6 is 0 Å². The molecule has 5 aromatic rings. The van der Waals surface area contributed by atoms with E-state index in [1.807, 2.05) is 55.5 Å². The first-order chi connectivity index (χ1) is 19.0. The number of aromatic nitrogens is 3. The lowest BCUT2D eigenvalue weighted by molar-refractivity contribution is 0.0951. The number of nitrogens with zero attached hydrogens (tertiary/aromatic N) is 3. The van der Waals surface area contributed by atoms with E-state index in [0.717, 1.165) is 27.8 Å². The molecule has 0 aliphatic rings. The van der Waals surface area contributed by atoms with Crippen molar-refractivity contribution in [1.82, 2.24) is 20.3 Å². The van der Waals surface area contributed by atoms with Gasteiger partial charge in [-0.2, -0.15) is 0 Å². The molecule has 0 atom stereocenters. The molecule has 2 N–H and O–H groups in total. The van der Waals surface area contributed by atoms with E-state index >= 15 is 0 Å². The molecule has 0 aliphatic heterocycles. The van der Waals surface area contributed by atoms with Crippen LogP contribution in [0.15, 0.2) is 85.3 Å². The van der Waals surface area contributed by atoms with E-state index in [2.05, 4.69) is 25.6 Å². The largest absolute Gasteiger partial charge is 0.493 e. The van der Waals surface area contributed by atoms with Gasteiger partial charge in [-0.1, -0.05) is 6.07 Å². The van der Waals surface area contributed by atoms with Gasteiger partial charge in [0.25, 0.3) is 5.91 Å². The summed E-state index contributed by atoms with van der Waals surface area (Å²) in [4.78, 5) is 26.0. The highest BCUT2D eigenvalue weighted by atomic mass is 16.5. The number of benzene rings is 2. The lowest BCUT2D eigenvalue weighted by Crippen LogP contribution is -2.24. The fourth-order valence-corrected chi connectivity index (χ4v) is 3.96. The summed E-state index contributed by atoms with van der Waals surface area (Å²) in [5.41, 5.74) is 3.75. The molecule has 0 radical (unpaired) electrons. The summed E-state index contributed by atoms with van der Waals surface area (Å²) < 4.78 is 17.0. The molecule has 9 heteroatoms. The Hall–Kier alpha value is -5.18. The van der Waals surface area contributed by atoms with Crippen LogP contribution < -0.4 is 24.8 Å². The van der Waals surface area contributed by atoms with Gasteiger partial charge in [-0.15, -0.1) is 0 Å². The molecule has 196 valence electrons. The maximum Gasteiger partial charge on any atom is 0.255 e. The second-order valence-electron chi connectivity index (χ2n) is 8.69. The number of pyridine rings is 3. The van der Waals surface area contributed by atoms with E-state index in [1.54, 1.807) is 51.0 Å². The molecule has 0 saturated heterocycles. The van der Waals surface area contributed by atoms with Gasteiger partial charge in [-0.25, -0.2) is 4.98 Å². The van der Waals surface area contributed by atoms with E-state index in [1.165, 1.54) is 0 Å². The van der Waals surface area contributed by atoms with Gasteiger partial charge in [-0.05, 0) is 67.1 Å². The molecule has 0 fully saturated rings. The van der Waals surface area contributed by atoms with Crippen molar-refractivity contribution >= 4 is 28.3 Å². The first-order valence-electron chi connectivity index (χ1n) is 12.2. The molecule has 0 spiro atoms. The van der Waals surface area contributed by atoms with Gasteiger partial charge >= 0.3 is 0 Å². The zero-order chi connectivity index (χ0) is 27.2. The maximum absolute atomic E-state index is 12.9. The van der Waals surface area contributed by atoms with Crippen molar-refractivity contribution in [2.24, 2.45) is 0 Å². The summed E-state index contributed by atoms with van der Waals surface area (Å²) in [7, 11) is 3.17. The predicted molar refractivity (Wildman–Crippen MR) is 149 cm³/mol. The summed E-state index contributed by atoms with van der Waals surface area (Å²) in [5, 5.41) is 6.92. The second-order valence-corrected chi connectivity index (χ2v) is 8.69. The number of hydrogen-bond acceptors (Lipinski definition) is 8. The van der Waals surface area contributed by atoms with Crippen molar-refractivity contribution in [3.05, 3.63) is 102 Å². The number of rotatable bonds is 9. The van der Waals surface area contributed by atoms with Gasteiger partial charge < -0.3 is 24.8 Å². The Labute approximate surface area is 225 Å². The standard InChI is InChI=1S/C30H27N5O4/c1-19-6-7-21(33-17-19)18-34-30(36)23-5-4-13-32-29(23)35-20-8-10-22(11-9-20)39-26-12-14-31-25-16-28(38-3)27(37-2)15-24(25)26/h4-17H,18H2,1-3H3,(H,32,35)(H,34,36). The third-order valence-corrected chi connectivity index (χ3v) is 6.01. The van der Waals surface area contributed by atoms with E-state index in [-0.39, 0.29) is 5.91 Å². The molecule has 0 saturated carbocycles. The Bertz CT molecular complexity index is 1610. The van der Waals surface area contributed by atoms with Crippen LogP contribution in [0.3, 0.4) is 0 Å². The Morgan fingerprint density at radius 1 is 0.846 bits per heavy atom. The molecule has 2 aromatic carbocycles. The van der Waals surface area contributed by atoms with Crippen LogP contribution in [0.2, 0.25) is 0 Å². The minimum atomic E-state index is -0.246. The van der Waals surface area contributed by atoms with Gasteiger partial charge in [0.1, 0.15) is 17.3 Å². The number of methoxy groups -OCH3 is 2. The fourth-order valence-electron chi connectivity index (χ4n) is 3.96. The van der Waals surface area contributed by atoms with Crippen molar-refractivity contribution in [3.8, 4) is 23.0 Å². The average molecular weight is 522 g/mol. The van der Waals surface area contributed by atoms with Gasteiger partial charge in [0.2, 0.25) is 0 Å². The number of ether oxygens (including phenoxy) is 3. The molecule has 0 unspecified atom stereocenters. The van der Waals surface area contributed by atoms with Crippen molar-refractivity contribution in [3.63, 3.8) is 0 Å². The van der Waals surface area contributed by atoms with Crippen LogP contribution in [0.1, 0.15) is 21.6 Å². The highest BCUT2D eigenvalue weighted by Gasteiger charge is 2.14. The Kier molecular flexibility index (Phi) is 7.49. The lowest BCUT2D eigenvalue weighted by Gasteiger charge is -2.13. The maximum atomic E-state index is 12.9. The fraction of sp³-hybridized carbons (Fsp3) is 0.133. The van der Waals surface area contributed by atoms with Crippen molar-refractivity contribution in [2.75, 3.05) is 19.5 Å². The Morgan fingerprint density at radius 2 is 1.64 bits per heavy atom. The number of anilines is 2. The summed E-state index contributed by atoms with van der Waals surface area (Å²) >= 11 is 0. The molecule has 1 amide bonds. The van der Waals surface area contributed by atoms with Gasteiger partial charge in [0.05, 0.1) is 37.5 Å². The summed E-state index contributed by atoms with van der Waals surface area (Å²) in [5.74, 6) is 2.65. The summed E-state index contributed by atoms with van der Waals surface area (Å²) in [6.07, 6.45) is 5.09. The minimum Gasteiger partial charge on any atom is -0.493 e. The van der Waals surface area contributed by atoms with Crippen LogP contribution in [0, 0.1) is 6.92 Å². The zero-order valence-electron chi connectivity index (χ0n) is 21.8. The monoisotopic (exact) mass is 521 g/mol. The highest BCUT2D eigenvalue weighted by molar-refractivity contribution is 5.99. The molecule has 3 aromatic heterocycles. The topological polar surface area (TPSA) is 107 Å². The minimum absolute atomic E-state index is 0.246. The SMILES string of the molecule is COc1cc2nccc(Oc3ccc(Nc4ncccc4C(=O)NCc4ccc(C)cn4)cc3)c2cc1OC. The third-order valence-electron chi connectivity index (χ3n) is 6.01. The zero-order valence-corrected chi connectivity index (χ0v) is 21.8. The van der Waals surface area contributed by atoms with Crippen molar-refractivity contribution < 1.29 is 19.0 Å². The number of amides is 1. The van der Waals surface area contributed by atoms with Crippen molar-refractivity contribution in [1.29, 1.82) is 0 Å². The molecule has 39 heavy (non-hydrogen) atoms. The van der Waals surface area contributed by atoms with Crippen LogP contribution in [0.5, 0.6) is 23.0 Å². The molecular formula is C30H27N5O4. The molecule has 3 heterocycles. The van der Waals surface area contributed by atoms with Crippen molar-refractivity contribution in [2.45, 2.75) is 13.5 Å². The normalized spacial score (nSPS) is 10.6. The Morgan fingerprint density at radius 3 is 2.38 bits per heavy atom. The van der Waals surface area contributed by atoms with Crippen LogP contribution in [-0.4, -0.2) is 35.1 Å². The van der Waals surface area contributed by atoms with Gasteiger partial charge in [0.15, 0.2) is 11.5 Å². The Balaban J connectivity index is 1.29. The van der Waals surface area contributed by atoms with E-state index in [9.17, 15) is 4.79 Å². The molecule has 5 rings (SSSR count). The van der Waals surface area contributed by atoms with Gasteiger partial charge in [-0.3, -0.25) is 14.8 Å². The van der Waals surface area contributed by atoms with E-state index in [0.29, 0.717) is 40.9 Å². The molecular weight excluding hydrogens is 494 g/mol. The van der Waals surface area contributed by atoms with Crippen LogP contribution in [-0.2, 0) is 6.54 Å². The van der Waals surface area contributed by atoms with E-state index < -0.39 is 0 Å². The predicted octanol–water partition coefficient (Wildman–Crippen LogP) is 5.82. The molecule has 0 aliphatic carbocycles. The smallest absolute Gasteiger partial charge is 0.255 e. The number of nitrogens with one attached hydrogen (secondary N) is 2. The number of fused-ring (bicyclic) bond motifs is 1. The highest BCUT2D eigenvalue weighted by Crippen LogP contribution is 2.37. The number of carbonyl (C=O) groups is 1. The average Bonchev–Trinajstić information content (AvgIpc) is 2.97. The lowest BCUT2D eigenvalue weighted by atomic mass is 10.2. The second kappa shape index (κ2) is 11.5. The van der Waals surface area contributed by atoms with Gasteiger partial charge in [0, 0.05) is 35.7 Å². The molecule has 9 nitrogen and oxygen atoms in total. The summed E-state index contributed by atoms with van der Waals surface area (Å²) in [6.45, 7) is 2.29.